The van der Waals surface area contributed by atoms with Crippen molar-refractivity contribution in [3.63, 3.8) is 0 Å². The predicted octanol–water partition coefficient (Wildman–Crippen LogP) is 4.51. The molecule has 1 saturated heterocycles. The maximum atomic E-state index is 3.63. The standard InChI is InChI=1S/C19H29N/c1-14-5-3-7-16(11-14)18-9-10-20-13-19(18)17-8-4-6-15(2)12-17/h4,6,8,12,14,16,18-20H,3,5,7,9-11,13H2,1-2H3. The van der Waals surface area contributed by atoms with Gasteiger partial charge in [0.15, 0.2) is 0 Å². The fourth-order valence-corrected chi connectivity index (χ4v) is 4.58. The van der Waals surface area contributed by atoms with Gasteiger partial charge >= 0.3 is 0 Å². The van der Waals surface area contributed by atoms with Crippen molar-refractivity contribution in [1.82, 2.24) is 5.32 Å². The molecule has 110 valence electrons. The molecule has 0 amide bonds. The van der Waals surface area contributed by atoms with Crippen LogP contribution in [0.25, 0.3) is 0 Å². The Bertz CT molecular complexity index is 439. The SMILES string of the molecule is Cc1cccc(C2CNCCC2C2CCCC(C)C2)c1. The molecule has 1 aromatic carbocycles. The van der Waals surface area contributed by atoms with E-state index in [1.807, 2.05) is 0 Å². The topological polar surface area (TPSA) is 12.0 Å². The summed E-state index contributed by atoms with van der Waals surface area (Å²) in [4.78, 5) is 0. The van der Waals surface area contributed by atoms with E-state index >= 15 is 0 Å². The van der Waals surface area contributed by atoms with Crippen molar-refractivity contribution < 1.29 is 0 Å². The first kappa shape index (κ1) is 14.1. The van der Waals surface area contributed by atoms with Crippen LogP contribution in [0.4, 0.5) is 0 Å². The van der Waals surface area contributed by atoms with Crippen molar-refractivity contribution in [2.24, 2.45) is 17.8 Å². The Hall–Kier alpha value is -0.820. The van der Waals surface area contributed by atoms with Crippen LogP contribution >= 0.6 is 0 Å². The van der Waals surface area contributed by atoms with Gasteiger partial charge in [-0.2, -0.15) is 0 Å². The highest BCUT2D eigenvalue weighted by molar-refractivity contribution is 5.27. The second-order valence-electron chi connectivity index (χ2n) is 7.21. The zero-order valence-corrected chi connectivity index (χ0v) is 13.1. The highest BCUT2D eigenvalue weighted by atomic mass is 14.9. The van der Waals surface area contributed by atoms with E-state index in [1.165, 1.54) is 50.8 Å². The van der Waals surface area contributed by atoms with Gasteiger partial charge in [0.05, 0.1) is 0 Å². The molecule has 1 nitrogen and oxygen atoms in total. The summed E-state index contributed by atoms with van der Waals surface area (Å²) >= 11 is 0. The third-order valence-corrected chi connectivity index (χ3v) is 5.59. The molecule has 0 radical (unpaired) electrons. The van der Waals surface area contributed by atoms with Crippen LogP contribution in [0.5, 0.6) is 0 Å². The van der Waals surface area contributed by atoms with Crippen LogP contribution in [0.2, 0.25) is 0 Å². The van der Waals surface area contributed by atoms with Crippen molar-refractivity contribution in [2.75, 3.05) is 13.1 Å². The van der Waals surface area contributed by atoms with Crippen LogP contribution in [0.3, 0.4) is 0 Å². The molecule has 2 aliphatic rings. The minimum atomic E-state index is 0.735. The van der Waals surface area contributed by atoms with E-state index in [2.05, 4.69) is 43.4 Å². The summed E-state index contributed by atoms with van der Waals surface area (Å²) in [6.07, 6.45) is 7.22. The van der Waals surface area contributed by atoms with Crippen LogP contribution in [-0.4, -0.2) is 13.1 Å². The van der Waals surface area contributed by atoms with Gasteiger partial charge in [0.2, 0.25) is 0 Å². The largest absolute Gasteiger partial charge is 0.316 e. The maximum absolute atomic E-state index is 3.63. The molecule has 0 bridgehead atoms. The van der Waals surface area contributed by atoms with Crippen molar-refractivity contribution in [2.45, 2.75) is 51.9 Å². The summed E-state index contributed by atoms with van der Waals surface area (Å²) < 4.78 is 0. The third-order valence-electron chi connectivity index (χ3n) is 5.59. The van der Waals surface area contributed by atoms with Gasteiger partial charge in [-0.15, -0.1) is 0 Å². The molecule has 1 N–H and O–H groups in total. The van der Waals surface area contributed by atoms with E-state index in [0.29, 0.717) is 0 Å². The lowest BCUT2D eigenvalue weighted by molar-refractivity contribution is 0.152. The minimum absolute atomic E-state index is 0.735. The Kier molecular flexibility index (Phi) is 4.45. The molecular weight excluding hydrogens is 242 g/mol. The molecule has 2 fully saturated rings. The molecule has 1 aromatic rings. The van der Waals surface area contributed by atoms with E-state index in [4.69, 9.17) is 0 Å². The first-order valence-corrected chi connectivity index (χ1v) is 8.51. The fourth-order valence-electron chi connectivity index (χ4n) is 4.58. The first-order chi connectivity index (χ1) is 9.74. The number of hydrogen-bond acceptors (Lipinski definition) is 1. The molecule has 1 saturated carbocycles. The van der Waals surface area contributed by atoms with Crippen molar-refractivity contribution in [1.29, 1.82) is 0 Å². The highest BCUT2D eigenvalue weighted by Crippen LogP contribution is 2.42. The molecule has 0 aromatic heterocycles. The molecule has 1 heteroatoms. The van der Waals surface area contributed by atoms with Gasteiger partial charge in [0.1, 0.15) is 0 Å². The Morgan fingerprint density at radius 3 is 2.85 bits per heavy atom. The Balaban J connectivity index is 1.80. The zero-order valence-electron chi connectivity index (χ0n) is 13.1. The Morgan fingerprint density at radius 1 is 1.15 bits per heavy atom. The lowest BCUT2D eigenvalue weighted by atomic mass is 9.67. The van der Waals surface area contributed by atoms with E-state index in [0.717, 1.165) is 23.7 Å². The van der Waals surface area contributed by atoms with Crippen LogP contribution in [0.1, 0.15) is 56.1 Å². The molecule has 20 heavy (non-hydrogen) atoms. The number of aryl methyl sites for hydroxylation is 1. The van der Waals surface area contributed by atoms with Gasteiger partial charge in [-0.05, 0) is 55.5 Å². The molecule has 0 spiro atoms. The lowest BCUT2D eigenvalue weighted by Crippen LogP contribution is -2.39. The van der Waals surface area contributed by atoms with Crippen LogP contribution in [0.15, 0.2) is 24.3 Å². The number of piperidine rings is 1. The zero-order chi connectivity index (χ0) is 13.9. The Labute approximate surface area is 124 Å². The van der Waals surface area contributed by atoms with Gasteiger partial charge in [0, 0.05) is 6.54 Å². The molecule has 4 atom stereocenters. The minimum Gasteiger partial charge on any atom is -0.316 e. The molecule has 4 unspecified atom stereocenters. The molecule has 3 rings (SSSR count). The van der Waals surface area contributed by atoms with E-state index in [-0.39, 0.29) is 0 Å². The second kappa shape index (κ2) is 6.30. The third kappa shape index (κ3) is 3.09. The van der Waals surface area contributed by atoms with Gasteiger partial charge in [-0.3, -0.25) is 0 Å². The lowest BCUT2D eigenvalue weighted by Gasteiger charge is -2.41. The summed E-state index contributed by atoms with van der Waals surface area (Å²) in [5.74, 6) is 3.55. The summed E-state index contributed by atoms with van der Waals surface area (Å²) in [6.45, 7) is 7.07. The predicted molar refractivity (Wildman–Crippen MR) is 86.0 cm³/mol. The van der Waals surface area contributed by atoms with Crippen LogP contribution in [-0.2, 0) is 0 Å². The smallest absolute Gasteiger partial charge is 0.00229 e. The van der Waals surface area contributed by atoms with Gasteiger partial charge < -0.3 is 5.32 Å². The summed E-state index contributed by atoms with van der Waals surface area (Å²) in [5.41, 5.74) is 2.98. The molecule has 1 aliphatic carbocycles. The molecule has 1 aliphatic heterocycles. The summed E-state index contributed by atoms with van der Waals surface area (Å²) in [5, 5.41) is 3.63. The number of hydrogen-bond donors (Lipinski definition) is 1. The average molecular weight is 271 g/mol. The summed E-state index contributed by atoms with van der Waals surface area (Å²) in [7, 11) is 0. The van der Waals surface area contributed by atoms with Gasteiger partial charge in [-0.1, -0.05) is 56.0 Å². The van der Waals surface area contributed by atoms with Crippen molar-refractivity contribution in [3.8, 4) is 0 Å². The first-order valence-electron chi connectivity index (χ1n) is 8.51. The monoisotopic (exact) mass is 271 g/mol. The summed E-state index contributed by atoms with van der Waals surface area (Å²) in [6, 6.07) is 9.22. The molecular formula is C19H29N. The quantitative estimate of drug-likeness (QED) is 0.834. The van der Waals surface area contributed by atoms with Crippen LogP contribution < -0.4 is 5.32 Å². The van der Waals surface area contributed by atoms with Crippen LogP contribution in [0, 0.1) is 24.7 Å². The normalized spacial score (nSPS) is 34.9. The highest BCUT2D eigenvalue weighted by Gasteiger charge is 2.34. The van der Waals surface area contributed by atoms with Crippen molar-refractivity contribution >= 4 is 0 Å². The number of nitrogens with one attached hydrogen (secondary N) is 1. The van der Waals surface area contributed by atoms with E-state index in [9.17, 15) is 0 Å². The maximum Gasteiger partial charge on any atom is 0.00229 e. The van der Waals surface area contributed by atoms with Crippen molar-refractivity contribution in [3.05, 3.63) is 35.4 Å². The fraction of sp³-hybridized carbons (Fsp3) is 0.684. The Morgan fingerprint density at radius 2 is 2.05 bits per heavy atom. The number of rotatable bonds is 2. The van der Waals surface area contributed by atoms with Gasteiger partial charge in [-0.25, -0.2) is 0 Å². The van der Waals surface area contributed by atoms with E-state index in [1.54, 1.807) is 5.56 Å². The average Bonchev–Trinajstić information content (AvgIpc) is 2.47. The molecule has 1 heterocycles. The van der Waals surface area contributed by atoms with Gasteiger partial charge in [0.25, 0.3) is 0 Å². The van der Waals surface area contributed by atoms with E-state index < -0.39 is 0 Å². The number of benzene rings is 1. The second-order valence-corrected chi connectivity index (χ2v) is 7.21.